The van der Waals surface area contributed by atoms with E-state index in [1.54, 1.807) is 12.1 Å². The molecule has 2 rings (SSSR count). The van der Waals surface area contributed by atoms with Gasteiger partial charge in [-0.25, -0.2) is 9.69 Å². The van der Waals surface area contributed by atoms with Gasteiger partial charge in [0.25, 0.3) is 5.91 Å². The number of hydrogen-bond donors (Lipinski definition) is 3. The molecule has 0 radical (unpaired) electrons. The van der Waals surface area contributed by atoms with E-state index < -0.39 is 30.6 Å². The zero-order valence-corrected chi connectivity index (χ0v) is 10.7. The van der Waals surface area contributed by atoms with Gasteiger partial charge in [-0.3, -0.25) is 4.79 Å². The molecule has 96 valence electrons. The molecule has 18 heavy (non-hydrogen) atoms. The SMILES string of the molecule is O=C(O)N1C(=O)C(CO)(CO)c2c(Br)cccc21. The Kier molecular flexibility index (Phi) is 3.14. The number of carbonyl (C=O) groups excluding carboxylic acids is 1. The van der Waals surface area contributed by atoms with E-state index in [2.05, 4.69) is 15.9 Å². The molecule has 1 aliphatic rings. The summed E-state index contributed by atoms with van der Waals surface area (Å²) in [6, 6.07) is 4.66. The van der Waals surface area contributed by atoms with Crippen LogP contribution >= 0.6 is 15.9 Å². The maximum Gasteiger partial charge on any atom is 0.418 e. The molecular weight excluding hydrogens is 306 g/mol. The van der Waals surface area contributed by atoms with Crippen LogP contribution in [-0.2, 0) is 10.2 Å². The number of aliphatic hydroxyl groups is 2. The van der Waals surface area contributed by atoms with Gasteiger partial charge in [-0.05, 0) is 12.1 Å². The van der Waals surface area contributed by atoms with Gasteiger partial charge in [0.2, 0.25) is 0 Å². The van der Waals surface area contributed by atoms with Gasteiger partial charge < -0.3 is 15.3 Å². The number of rotatable bonds is 2. The number of anilines is 1. The molecule has 1 aromatic rings. The average molecular weight is 316 g/mol. The van der Waals surface area contributed by atoms with Crippen molar-refractivity contribution in [3.8, 4) is 0 Å². The topological polar surface area (TPSA) is 98.1 Å². The number of aliphatic hydroxyl groups excluding tert-OH is 2. The summed E-state index contributed by atoms with van der Waals surface area (Å²) in [4.78, 5) is 23.8. The van der Waals surface area contributed by atoms with Crippen LogP contribution in [0.15, 0.2) is 22.7 Å². The minimum atomic E-state index is -1.62. The molecule has 0 saturated carbocycles. The first-order chi connectivity index (χ1) is 8.49. The second kappa shape index (κ2) is 4.34. The first-order valence-electron chi connectivity index (χ1n) is 5.08. The smallest absolute Gasteiger partial charge is 0.418 e. The van der Waals surface area contributed by atoms with E-state index in [1.165, 1.54) is 6.07 Å². The molecular formula is C11H10BrNO5. The molecule has 0 bridgehead atoms. The predicted octanol–water partition coefficient (Wildman–Crippen LogP) is 0.696. The predicted molar refractivity (Wildman–Crippen MR) is 65.5 cm³/mol. The summed E-state index contributed by atoms with van der Waals surface area (Å²) in [7, 11) is 0. The van der Waals surface area contributed by atoms with Crippen molar-refractivity contribution in [3.63, 3.8) is 0 Å². The fourth-order valence-corrected chi connectivity index (χ4v) is 2.87. The number of halogens is 1. The van der Waals surface area contributed by atoms with E-state index in [0.717, 1.165) is 0 Å². The number of amides is 2. The van der Waals surface area contributed by atoms with Gasteiger partial charge in [-0.1, -0.05) is 22.0 Å². The third-order valence-corrected chi connectivity index (χ3v) is 3.72. The van der Waals surface area contributed by atoms with Crippen molar-refractivity contribution in [1.29, 1.82) is 0 Å². The molecule has 0 atom stereocenters. The second-order valence-electron chi connectivity index (χ2n) is 3.96. The summed E-state index contributed by atoms with van der Waals surface area (Å²) in [5.41, 5.74) is -1.17. The summed E-state index contributed by atoms with van der Waals surface area (Å²) in [5.74, 6) is -0.845. The van der Waals surface area contributed by atoms with E-state index in [4.69, 9.17) is 5.11 Å². The highest BCUT2D eigenvalue weighted by atomic mass is 79.9. The third-order valence-electron chi connectivity index (χ3n) is 3.05. The normalized spacial score (nSPS) is 16.8. The fourth-order valence-electron chi connectivity index (χ4n) is 2.14. The molecule has 6 nitrogen and oxygen atoms in total. The summed E-state index contributed by atoms with van der Waals surface area (Å²) >= 11 is 3.21. The van der Waals surface area contributed by atoms with E-state index >= 15 is 0 Å². The van der Waals surface area contributed by atoms with E-state index in [1.807, 2.05) is 0 Å². The second-order valence-corrected chi connectivity index (χ2v) is 4.81. The highest BCUT2D eigenvalue weighted by molar-refractivity contribution is 9.10. The lowest BCUT2D eigenvalue weighted by Gasteiger charge is -2.23. The monoisotopic (exact) mass is 315 g/mol. The average Bonchev–Trinajstić information content (AvgIpc) is 2.59. The van der Waals surface area contributed by atoms with Crippen molar-refractivity contribution in [3.05, 3.63) is 28.2 Å². The van der Waals surface area contributed by atoms with Gasteiger partial charge in [-0.2, -0.15) is 0 Å². The highest BCUT2D eigenvalue weighted by Gasteiger charge is 2.53. The quantitative estimate of drug-likeness (QED) is 0.746. The van der Waals surface area contributed by atoms with Crippen LogP contribution in [0.4, 0.5) is 10.5 Å². The number of fused-ring (bicyclic) bond motifs is 1. The molecule has 0 aliphatic carbocycles. The Labute approximate surface area is 111 Å². The fraction of sp³-hybridized carbons (Fsp3) is 0.273. The van der Waals surface area contributed by atoms with E-state index in [9.17, 15) is 19.8 Å². The molecule has 1 heterocycles. The van der Waals surface area contributed by atoms with Crippen LogP contribution in [0.2, 0.25) is 0 Å². The van der Waals surface area contributed by atoms with Gasteiger partial charge in [0, 0.05) is 10.0 Å². The Hall–Kier alpha value is -1.44. The number of nitrogens with zero attached hydrogens (tertiary/aromatic N) is 1. The van der Waals surface area contributed by atoms with Crippen LogP contribution in [0.3, 0.4) is 0 Å². The van der Waals surface area contributed by atoms with Gasteiger partial charge in [0.05, 0.1) is 18.9 Å². The van der Waals surface area contributed by atoms with Crippen LogP contribution < -0.4 is 4.90 Å². The van der Waals surface area contributed by atoms with Crippen LogP contribution in [0.5, 0.6) is 0 Å². The van der Waals surface area contributed by atoms with E-state index in [-0.39, 0.29) is 5.69 Å². The Morgan fingerprint density at radius 3 is 2.44 bits per heavy atom. The number of benzene rings is 1. The first kappa shape index (κ1) is 13.0. The number of imide groups is 1. The third kappa shape index (κ3) is 1.48. The Morgan fingerprint density at radius 2 is 1.94 bits per heavy atom. The van der Waals surface area contributed by atoms with Gasteiger partial charge in [0.15, 0.2) is 0 Å². The lowest BCUT2D eigenvalue weighted by atomic mass is 9.83. The molecule has 0 aromatic heterocycles. The standard InChI is InChI=1S/C11H10BrNO5/c12-6-2-1-3-7-8(6)11(4-14,5-15)9(16)13(7)10(17)18/h1-3,14-15H,4-5H2,(H,17,18). The molecule has 0 saturated heterocycles. The molecule has 7 heteroatoms. The lowest BCUT2D eigenvalue weighted by molar-refractivity contribution is -0.125. The molecule has 0 unspecified atom stereocenters. The maximum atomic E-state index is 12.1. The van der Waals surface area contributed by atoms with Crippen molar-refractivity contribution in [2.75, 3.05) is 18.1 Å². The summed E-state index contributed by atoms with van der Waals surface area (Å²) in [6.45, 7) is -1.33. The summed E-state index contributed by atoms with van der Waals surface area (Å²) < 4.78 is 0.472. The lowest BCUT2D eigenvalue weighted by Crippen LogP contribution is -2.47. The molecule has 1 aliphatic heterocycles. The van der Waals surface area contributed by atoms with Gasteiger partial charge in [-0.15, -0.1) is 0 Å². The van der Waals surface area contributed by atoms with Crippen molar-refractivity contribution in [2.45, 2.75) is 5.41 Å². The number of carbonyl (C=O) groups is 2. The summed E-state index contributed by atoms with van der Waals surface area (Å²) in [5, 5.41) is 27.9. The highest BCUT2D eigenvalue weighted by Crippen LogP contribution is 2.45. The number of hydrogen-bond acceptors (Lipinski definition) is 4. The zero-order valence-electron chi connectivity index (χ0n) is 9.13. The van der Waals surface area contributed by atoms with Crippen LogP contribution in [0.1, 0.15) is 5.56 Å². The molecule has 2 amide bonds. The Morgan fingerprint density at radius 1 is 1.33 bits per heavy atom. The largest absolute Gasteiger partial charge is 0.464 e. The molecule has 3 N–H and O–H groups in total. The van der Waals surface area contributed by atoms with Crippen molar-refractivity contribution >= 4 is 33.6 Å². The molecule has 0 spiro atoms. The zero-order chi connectivity index (χ0) is 13.5. The Bertz CT molecular complexity index is 526. The minimum absolute atomic E-state index is 0.157. The first-order valence-corrected chi connectivity index (χ1v) is 5.87. The maximum absolute atomic E-state index is 12.1. The number of carboxylic acid groups (broad SMARTS) is 1. The van der Waals surface area contributed by atoms with Crippen molar-refractivity contribution in [1.82, 2.24) is 0 Å². The van der Waals surface area contributed by atoms with E-state index in [0.29, 0.717) is 14.9 Å². The van der Waals surface area contributed by atoms with Gasteiger partial charge in [0.1, 0.15) is 5.41 Å². The molecule has 0 fully saturated rings. The molecule has 1 aromatic carbocycles. The minimum Gasteiger partial charge on any atom is -0.464 e. The van der Waals surface area contributed by atoms with Crippen molar-refractivity contribution < 1.29 is 24.9 Å². The van der Waals surface area contributed by atoms with Crippen LogP contribution in [0.25, 0.3) is 0 Å². The van der Waals surface area contributed by atoms with Gasteiger partial charge >= 0.3 is 6.09 Å². The summed E-state index contributed by atoms with van der Waals surface area (Å²) in [6.07, 6.45) is -1.44. The van der Waals surface area contributed by atoms with Crippen molar-refractivity contribution in [2.24, 2.45) is 0 Å². The van der Waals surface area contributed by atoms with Crippen LogP contribution in [0, 0.1) is 0 Å². The Balaban J connectivity index is 2.77. The van der Waals surface area contributed by atoms with Crippen LogP contribution in [-0.4, -0.2) is 40.5 Å².